The van der Waals surface area contributed by atoms with E-state index in [-0.39, 0.29) is 24.3 Å². The molecule has 1 saturated heterocycles. The Labute approximate surface area is 165 Å². The molecule has 1 fully saturated rings. The highest BCUT2D eigenvalue weighted by molar-refractivity contribution is 7.88. The molecule has 2 heterocycles. The molecule has 0 bridgehead atoms. The lowest BCUT2D eigenvalue weighted by Crippen LogP contribution is -2.40. The number of aromatic nitrogens is 1. The van der Waals surface area contributed by atoms with Crippen LogP contribution in [0.25, 0.3) is 0 Å². The van der Waals surface area contributed by atoms with E-state index < -0.39 is 10.0 Å². The van der Waals surface area contributed by atoms with E-state index in [0.29, 0.717) is 13.0 Å². The molecular weight excluding hydrogens is 381 g/mol. The monoisotopic (exact) mass is 405 g/mol. The first kappa shape index (κ1) is 20.4. The molecule has 1 aromatic carbocycles. The lowest BCUT2D eigenvalue weighted by atomic mass is 10.0. The summed E-state index contributed by atoms with van der Waals surface area (Å²) in [6.45, 7) is 0.429. The van der Waals surface area contributed by atoms with Crippen LogP contribution in [-0.4, -0.2) is 54.9 Å². The molecule has 0 unspecified atom stereocenters. The third-order valence-electron chi connectivity index (χ3n) is 5.01. The minimum atomic E-state index is -3.40. The first-order valence-corrected chi connectivity index (χ1v) is 11.0. The zero-order chi connectivity index (χ0) is 20.3. The number of carbonyl (C=O) groups is 1. The van der Waals surface area contributed by atoms with E-state index in [1.165, 1.54) is 19.2 Å². The lowest BCUT2D eigenvalue weighted by molar-refractivity contribution is -0.132. The fraction of sp³-hybridized carbons (Fsp3) is 0.400. The van der Waals surface area contributed by atoms with Crippen molar-refractivity contribution < 1.29 is 17.6 Å². The van der Waals surface area contributed by atoms with Crippen LogP contribution in [0.5, 0.6) is 0 Å². The van der Waals surface area contributed by atoms with Crippen molar-refractivity contribution in [3.8, 4) is 0 Å². The first-order valence-electron chi connectivity index (χ1n) is 9.14. The van der Waals surface area contributed by atoms with Crippen LogP contribution in [0.3, 0.4) is 0 Å². The number of rotatable bonds is 6. The first-order chi connectivity index (χ1) is 13.2. The number of amides is 1. The third-order valence-corrected chi connectivity index (χ3v) is 6.27. The van der Waals surface area contributed by atoms with E-state index in [1.807, 2.05) is 12.1 Å². The molecule has 2 aromatic rings. The Balaban J connectivity index is 1.68. The zero-order valence-corrected chi connectivity index (χ0v) is 16.8. The number of hydrogen-bond acceptors (Lipinski definition) is 4. The molecule has 1 amide bonds. The Kier molecular flexibility index (Phi) is 6.10. The topological polar surface area (TPSA) is 70.6 Å². The van der Waals surface area contributed by atoms with Crippen LogP contribution in [0.4, 0.5) is 4.39 Å². The van der Waals surface area contributed by atoms with Gasteiger partial charge in [-0.3, -0.25) is 9.78 Å². The second kappa shape index (κ2) is 8.36. The highest BCUT2D eigenvalue weighted by Gasteiger charge is 2.32. The number of pyridine rings is 1. The number of nitrogens with zero attached hydrogens (tertiary/aromatic N) is 3. The summed E-state index contributed by atoms with van der Waals surface area (Å²) in [5.41, 5.74) is 2.80. The van der Waals surface area contributed by atoms with Gasteiger partial charge in [0.1, 0.15) is 5.82 Å². The Morgan fingerprint density at radius 2 is 1.89 bits per heavy atom. The summed E-state index contributed by atoms with van der Waals surface area (Å²) < 4.78 is 37.2. The fourth-order valence-corrected chi connectivity index (χ4v) is 3.69. The number of carbonyl (C=O) groups excluding carboxylic acids is 1. The molecule has 0 spiro atoms. The van der Waals surface area contributed by atoms with Crippen LogP contribution >= 0.6 is 0 Å². The van der Waals surface area contributed by atoms with E-state index in [9.17, 15) is 17.6 Å². The minimum Gasteiger partial charge on any atom is -0.333 e. The van der Waals surface area contributed by atoms with Gasteiger partial charge in [0.15, 0.2) is 0 Å². The number of likely N-dealkylation sites (tertiary alicyclic amines) is 1. The van der Waals surface area contributed by atoms with Gasteiger partial charge in [-0.15, -0.1) is 0 Å². The number of hydrogen-bond donors (Lipinski definition) is 0. The van der Waals surface area contributed by atoms with Crippen molar-refractivity contribution in [3.05, 3.63) is 65.2 Å². The molecule has 6 nitrogen and oxygen atoms in total. The maximum atomic E-state index is 13.0. The second-order valence-electron chi connectivity index (χ2n) is 7.16. The third kappa shape index (κ3) is 4.94. The van der Waals surface area contributed by atoms with Crippen molar-refractivity contribution in [2.75, 3.05) is 26.4 Å². The largest absolute Gasteiger partial charge is 0.333 e. The molecule has 0 N–H and O–H groups in total. The van der Waals surface area contributed by atoms with Crippen molar-refractivity contribution in [3.63, 3.8) is 0 Å². The molecule has 0 aliphatic carbocycles. The molecule has 150 valence electrons. The van der Waals surface area contributed by atoms with Gasteiger partial charge in [0, 0.05) is 19.8 Å². The molecule has 1 atom stereocenters. The Hall–Kier alpha value is -2.32. The van der Waals surface area contributed by atoms with Gasteiger partial charge in [-0.25, -0.2) is 12.8 Å². The Morgan fingerprint density at radius 1 is 1.21 bits per heavy atom. The molecule has 0 saturated carbocycles. The zero-order valence-electron chi connectivity index (χ0n) is 16.0. The predicted octanol–water partition coefficient (Wildman–Crippen LogP) is 2.37. The molecule has 3 rings (SSSR count). The smallest absolute Gasteiger partial charge is 0.238 e. The minimum absolute atomic E-state index is 0.139. The Morgan fingerprint density at radius 3 is 2.50 bits per heavy atom. The SMILES string of the molecule is CN(CC(=O)N1CCC[C@H]1c1ccc(Cc2ccc(F)cc2)cn1)S(C)(=O)=O. The predicted molar refractivity (Wildman–Crippen MR) is 105 cm³/mol. The highest BCUT2D eigenvalue weighted by Crippen LogP contribution is 2.31. The average molecular weight is 405 g/mol. The number of sulfonamides is 1. The van der Waals surface area contributed by atoms with E-state index in [0.717, 1.165) is 40.2 Å². The molecular formula is C20H24FN3O3S. The van der Waals surface area contributed by atoms with Crippen LogP contribution < -0.4 is 0 Å². The molecule has 1 aliphatic heterocycles. The van der Waals surface area contributed by atoms with Gasteiger partial charge in [0.05, 0.1) is 24.5 Å². The van der Waals surface area contributed by atoms with E-state index in [2.05, 4.69) is 4.98 Å². The van der Waals surface area contributed by atoms with Gasteiger partial charge >= 0.3 is 0 Å². The van der Waals surface area contributed by atoms with Crippen molar-refractivity contribution in [2.24, 2.45) is 0 Å². The van der Waals surface area contributed by atoms with Gasteiger partial charge in [0.25, 0.3) is 0 Å². The van der Waals surface area contributed by atoms with E-state index >= 15 is 0 Å². The summed E-state index contributed by atoms with van der Waals surface area (Å²) in [5.74, 6) is -0.475. The van der Waals surface area contributed by atoms with Crippen LogP contribution in [-0.2, 0) is 21.2 Å². The van der Waals surface area contributed by atoms with Gasteiger partial charge in [-0.1, -0.05) is 18.2 Å². The Bertz CT molecular complexity index is 930. The molecule has 0 radical (unpaired) electrons. The summed E-state index contributed by atoms with van der Waals surface area (Å²) >= 11 is 0. The number of likely N-dealkylation sites (N-methyl/N-ethyl adjacent to an activating group) is 1. The standard InChI is InChI=1S/C20H24FN3O3S/c1-23(28(2,26)27)14-20(25)24-11-3-4-19(24)18-10-7-16(13-22-18)12-15-5-8-17(21)9-6-15/h5-10,13,19H,3-4,11-12,14H2,1-2H3/t19-/m0/s1. The van der Waals surface area contributed by atoms with Crippen LogP contribution in [0.15, 0.2) is 42.6 Å². The summed E-state index contributed by atoms with van der Waals surface area (Å²) in [6, 6.07) is 10.1. The van der Waals surface area contributed by atoms with E-state index in [4.69, 9.17) is 0 Å². The summed E-state index contributed by atoms with van der Waals surface area (Å²) in [7, 11) is -2.00. The van der Waals surface area contributed by atoms with Gasteiger partial charge < -0.3 is 4.90 Å². The van der Waals surface area contributed by atoms with Gasteiger partial charge in [-0.2, -0.15) is 4.31 Å². The average Bonchev–Trinajstić information content (AvgIpc) is 3.13. The summed E-state index contributed by atoms with van der Waals surface area (Å²) in [6.07, 6.45) is 5.18. The number of halogens is 1. The van der Waals surface area contributed by atoms with E-state index in [1.54, 1.807) is 23.2 Å². The number of benzene rings is 1. The molecule has 8 heteroatoms. The molecule has 1 aliphatic rings. The second-order valence-corrected chi connectivity index (χ2v) is 9.25. The molecule has 28 heavy (non-hydrogen) atoms. The summed E-state index contributed by atoms with van der Waals surface area (Å²) in [4.78, 5) is 18.8. The molecule has 1 aromatic heterocycles. The maximum Gasteiger partial charge on any atom is 0.238 e. The summed E-state index contributed by atoms with van der Waals surface area (Å²) in [5, 5.41) is 0. The lowest BCUT2D eigenvalue weighted by Gasteiger charge is -2.26. The maximum absolute atomic E-state index is 13.0. The van der Waals surface area contributed by atoms with Crippen molar-refractivity contribution in [1.82, 2.24) is 14.2 Å². The fourth-order valence-electron chi connectivity index (χ4n) is 3.35. The highest BCUT2D eigenvalue weighted by atomic mass is 32.2. The van der Waals surface area contributed by atoms with Crippen molar-refractivity contribution >= 4 is 15.9 Å². The van der Waals surface area contributed by atoms with Crippen LogP contribution in [0, 0.1) is 5.82 Å². The quantitative estimate of drug-likeness (QED) is 0.740. The van der Waals surface area contributed by atoms with Crippen molar-refractivity contribution in [1.29, 1.82) is 0 Å². The van der Waals surface area contributed by atoms with Crippen LogP contribution in [0.1, 0.15) is 35.7 Å². The normalized spacial score (nSPS) is 17.3. The van der Waals surface area contributed by atoms with Gasteiger partial charge in [0.2, 0.25) is 15.9 Å². The van der Waals surface area contributed by atoms with Crippen molar-refractivity contribution in [2.45, 2.75) is 25.3 Å². The van der Waals surface area contributed by atoms with Crippen LogP contribution in [0.2, 0.25) is 0 Å². The van der Waals surface area contributed by atoms with Gasteiger partial charge in [-0.05, 0) is 48.6 Å².